The van der Waals surface area contributed by atoms with Gasteiger partial charge in [0.25, 0.3) is 0 Å². The van der Waals surface area contributed by atoms with Crippen LogP contribution in [0, 0.1) is 0 Å². The van der Waals surface area contributed by atoms with E-state index in [0.29, 0.717) is 0 Å². The van der Waals surface area contributed by atoms with Crippen molar-refractivity contribution in [3.8, 4) is 0 Å². The number of primary amides is 1. The normalized spacial score (nSPS) is 19.9. The Morgan fingerprint density at radius 3 is 2.81 bits per heavy atom. The van der Waals surface area contributed by atoms with Crippen LogP contribution in [0.1, 0.15) is 0 Å². The third kappa shape index (κ3) is 1.67. The first kappa shape index (κ1) is 10.7. The molecule has 0 fully saturated rings. The van der Waals surface area contributed by atoms with Gasteiger partial charge in [-0.1, -0.05) is 0 Å². The van der Waals surface area contributed by atoms with Crippen molar-refractivity contribution in [1.82, 2.24) is 10.4 Å². The van der Waals surface area contributed by atoms with Gasteiger partial charge in [-0.25, -0.2) is 10.4 Å². The molecule has 0 saturated carbocycles. The van der Waals surface area contributed by atoms with E-state index in [1.54, 1.807) is 0 Å². The van der Waals surface area contributed by atoms with Crippen molar-refractivity contribution in [2.75, 3.05) is 6.54 Å². The molecular weight excluding hydrogens is 225 g/mol. The molecule has 2 aliphatic heterocycles. The maximum Gasteiger partial charge on any atom is 0.433 e. The summed E-state index contributed by atoms with van der Waals surface area (Å²) in [5, 5.41) is 1.23. The van der Waals surface area contributed by atoms with E-state index in [4.69, 9.17) is 5.73 Å². The predicted octanol–water partition coefficient (Wildman–Crippen LogP) is 0.0341. The van der Waals surface area contributed by atoms with Gasteiger partial charge in [0.2, 0.25) is 5.91 Å². The number of aliphatic imine (C=N–C) groups is 1. The molecule has 0 aromatic rings. The minimum atomic E-state index is -4.54. The molecule has 0 aromatic carbocycles. The zero-order valence-corrected chi connectivity index (χ0v) is 7.88. The first-order chi connectivity index (χ1) is 7.39. The molecule has 0 unspecified atom stereocenters. The van der Waals surface area contributed by atoms with E-state index in [-0.39, 0.29) is 17.9 Å². The second-order valence-corrected chi connectivity index (χ2v) is 3.18. The number of allylic oxidation sites excluding steroid dienone is 1. The van der Waals surface area contributed by atoms with Gasteiger partial charge in [0.15, 0.2) is 5.82 Å². The van der Waals surface area contributed by atoms with E-state index in [1.165, 1.54) is 5.01 Å². The van der Waals surface area contributed by atoms with Gasteiger partial charge in [-0.15, -0.1) is 0 Å². The number of nitrogens with one attached hydrogen (secondary N) is 1. The Kier molecular flexibility index (Phi) is 2.23. The Morgan fingerprint density at radius 1 is 1.56 bits per heavy atom. The molecule has 1 amide bonds. The number of hydrogen-bond acceptors (Lipinski definition) is 4. The van der Waals surface area contributed by atoms with Gasteiger partial charge in [0.05, 0.1) is 5.57 Å². The van der Waals surface area contributed by atoms with Gasteiger partial charge in [0.1, 0.15) is 5.71 Å². The summed E-state index contributed by atoms with van der Waals surface area (Å²) in [6.45, 7) is 0.0731. The first-order valence-electron chi connectivity index (χ1n) is 4.29. The smallest absolute Gasteiger partial charge is 0.366 e. The van der Waals surface area contributed by atoms with Crippen LogP contribution in [0.4, 0.5) is 13.2 Å². The molecular formula is C8H7F3N4O. The number of alkyl halides is 3. The molecule has 8 heteroatoms. The molecule has 3 N–H and O–H groups in total. The monoisotopic (exact) mass is 232 g/mol. The lowest BCUT2D eigenvalue weighted by atomic mass is 10.2. The van der Waals surface area contributed by atoms with E-state index in [2.05, 4.69) is 10.4 Å². The van der Waals surface area contributed by atoms with Crippen LogP contribution in [0.15, 0.2) is 28.7 Å². The Balaban J connectivity index is 2.43. The number of carbonyl (C=O) groups excluding carboxylic acids is 1. The summed E-state index contributed by atoms with van der Waals surface area (Å²) in [5.74, 6) is -0.882. The molecule has 16 heavy (non-hydrogen) atoms. The molecule has 0 atom stereocenters. The molecule has 0 saturated heterocycles. The Labute approximate surface area is 88.1 Å². The summed E-state index contributed by atoms with van der Waals surface area (Å²) in [6, 6.07) is 0. The highest BCUT2D eigenvalue weighted by Gasteiger charge is 2.38. The highest BCUT2D eigenvalue weighted by molar-refractivity contribution is 6.02. The number of hydrogen-bond donors (Lipinski definition) is 2. The van der Waals surface area contributed by atoms with Crippen LogP contribution in [0.3, 0.4) is 0 Å². The van der Waals surface area contributed by atoms with Crippen LogP contribution < -0.4 is 11.2 Å². The Morgan fingerprint density at radius 2 is 2.25 bits per heavy atom. The average molecular weight is 232 g/mol. The summed E-state index contributed by atoms with van der Waals surface area (Å²) in [6.07, 6.45) is -2.57. The third-order valence-corrected chi connectivity index (χ3v) is 2.12. The summed E-state index contributed by atoms with van der Waals surface area (Å²) in [5.41, 5.74) is 6.66. The van der Waals surface area contributed by atoms with Crippen molar-refractivity contribution in [3.63, 3.8) is 0 Å². The lowest BCUT2D eigenvalue weighted by Crippen LogP contribution is -2.31. The molecule has 2 rings (SSSR count). The van der Waals surface area contributed by atoms with Crippen LogP contribution in [0.25, 0.3) is 0 Å². The fourth-order valence-corrected chi connectivity index (χ4v) is 1.36. The molecule has 0 radical (unpaired) electrons. The number of nitrogens with zero attached hydrogens (tertiary/aromatic N) is 2. The molecule has 2 aliphatic rings. The van der Waals surface area contributed by atoms with E-state index >= 15 is 0 Å². The van der Waals surface area contributed by atoms with Crippen molar-refractivity contribution in [2.45, 2.75) is 6.18 Å². The zero-order valence-electron chi connectivity index (χ0n) is 7.88. The van der Waals surface area contributed by atoms with Crippen molar-refractivity contribution in [3.05, 3.63) is 23.7 Å². The van der Waals surface area contributed by atoms with Crippen LogP contribution >= 0.6 is 0 Å². The van der Waals surface area contributed by atoms with E-state index in [9.17, 15) is 18.0 Å². The number of rotatable bonds is 1. The van der Waals surface area contributed by atoms with Gasteiger partial charge in [0, 0.05) is 12.7 Å². The van der Waals surface area contributed by atoms with Crippen molar-refractivity contribution in [1.29, 1.82) is 0 Å². The second-order valence-electron chi connectivity index (χ2n) is 3.18. The summed E-state index contributed by atoms with van der Waals surface area (Å²) < 4.78 is 37.1. The summed E-state index contributed by atoms with van der Waals surface area (Å²) >= 11 is 0. The molecule has 0 aromatic heterocycles. The van der Waals surface area contributed by atoms with Crippen LogP contribution in [0.2, 0.25) is 0 Å². The van der Waals surface area contributed by atoms with Crippen molar-refractivity contribution < 1.29 is 18.0 Å². The van der Waals surface area contributed by atoms with Gasteiger partial charge >= 0.3 is 6.18 Å². The van der Waals surface area contributed by atoms with Crippen LogP contribution in [-0.4, -0.2) is 29.3 Å². The minimum Gasteiger partial charge on any atom is -0.366 e. The van der Waals surface area contributed by atoms with Gasteiger partial charge in [-0.2, -0.15) is 13.2 Å². The molecule has 5 nitrogen and oxygen atoms in total. The van der Waals surface area contributed by atoms with Crippen molar-refractivity contribution >= 4 is 11.6 Å². The molecule has 0 spiro atoms. The fourth-order valence-electron chi connectivity index (χ4n) is 1.36. The molecule has 0 aliphatic carbocycles. The quantitative estimate of drug-likeness (QED) is 0.670. The van der Waals surface area contributed by atoms with Crippen LogP contribution in [-0.2, 0) is 4.79 Å². The maximum atomic E-state index is 12.4. The highest BCUT2D eigenvalue weighted by atomic mass is 19.4. The number of fused-ring (bicyclic) bond motifs is 1. The number of nitrogens with two attached hydrogens (primary N) is 1. The van der Waals surface area contributed by atoms with Gasteiger partial charge < -0.3 is 5.73 Å². The Bertz CT molecular complexity index is 435. The maximum absolute atomic E-state index is 12.4. The number of halogens is 3. The lowest BCUT2D eigenvalue weighted by molar-refractivity contribution is -0.114. The first-order valence-corrected chi connectivity index (χ1v) is 4.29. The summed E-state index contributed by atoms with van der Waals surface area (Å²) in [7, 11) is 0. The molecule has 2 heterocycles. The highest BCUT2D eigenvalue weighted by Crippen LogP contribution is 2.26. The van der Waals surface area contributed by atoms with Gasteiger partial charge in [-0.3, -0.25) is 9.80 Å². The summed E-state index contributed by atoms with van der Waals surface area (Å²) in [4.78, 5) is 14.3. The van der Waals surface area contributed by atoms with Crippen molar-refractivity contribution in [2.24, 2.45) is 10.7 Å². The lowest BCUT2D eigenvalue weighted by Gasteiger charge is -2.20. The Hall–Kier alpha value is -1.83. The van der Waals surface area contributed by atoms with E-state index in [0.717, 1.165) is 12.3 Å². The van der Waals surface area contributed by atoms with Crippen LogP contribution in [0.5, 0.6) is 0 Å². The van der Waals surface area contributed by atoms with E-state index < -0.39 is 17.8 Å². The number of amides is 1. The minimum absolute atomic E-state index is 0.0334. The van der Waals surface area contributed by atoms with Gasteiger partial charge in [-0.05, 0) is 6.08 Å². The standard InChI is InChI=1S/C8H7F3N4O/c9-8(10,11)5-1-2-15-7(14-5)4(3-13-15)6(12)16/h1-2,13H,3H2,(H2,12,16). The second kappa shape index (κ2) is 3.34. The SMILES string of the molecule is NC(=O)C1=C2N=C(C(F)(F)F)C=CN2NC1. The topological polar surface area (TPSA) is 70.7 Å². The largest absolute Gasteiger partial charge is 0.433 e. The molecule has 86 valence electrons. The number of hydrazine groups is 1. The third-order valence-electron chi connectivity index (χ3n) is 2.12. The average Bonchev–Trinajstić information content (AvgIpc) is 2.58. The molecule has 0 bridgehead atoms. The fraction of sp³-hybridized carbons (Fsp3) is 0.250. The van der Waals surface area contributed by atoms with E-state index in [1.807, 2.05) is 0 Å². The number of carbonyl (C=O) groups is 1. The zero-order chi connectivity index (χ0) is 11.9. The predicted molar refractivity (Wildman–Crippen MR) is 48.7 cm³/mol.